The second kappa shape index (κ2) is 11.7. The van der Waals surface area contributed by atoms with Crippen LogP contribution in [0.15, 0.2) is 48.5 Å². The lowest BCUT2D eigenvalue weighted by Crippen LogP contribution is -2.31. The Morgan fingerprint density at radius 1 is 0.966 bits per heavy atom. The van der Waals surface area contributed by atoms with Gasteiger partial charge in [0.2, 0.25) is 0 Å². The van der Waals surface area contributed by atoms with Gasteiger partial charge in [-0.25, -0.2) is 0 Å². The predicted octanol–water partition coefficient (Wildman–Crippen LogP) is 2.37. The van der Waals surface area contributed by atoms with E-state index >= 15 is 0 Å². The van der Waals surface area contributed by atoms with E-state index in [1.54, 1.807) is 36.4 Å². The lowest BCUT2D eigenvalue weighted by Gasteiger charge is -2.09. The summed E-state index contributed by atoms with van der Waals surface area (Å²) in [5, 5.41) is 5.95. The van der Waals surface area contributed by atoms with E-state index in [2.05, 4.69) is 10.6 Å². The Hall–Kier alpha value is -3.06. The third-order valence-electron chi connectivity index (χ3n) is 3.98. The topological polar surface area (TPSA) is 93.7 Å². The molecule has 0 saturated carbocycles. The van der Waals surface area contributed by atoms with Gasteiger partial charge >= 0.3 is 5.97 Å². The molecule has 7 nitrogen and oxygen atoms in total. The van der Waals surface area contributed by atoms with Gasteiger partial charge in [0.25, 0.3) is 11.8 Å². The Bertz CT molecular complexity index is 839. The first kappa shape index (κ1) is 22.2. The molecule has 0 fully saturated rings. The van der Waals surface area contributed by atoms with Crippen LogP contribution in [-0.4, -0.2) is 44.6 Å². The monoisotopic (exact) mass is 418 g/mol. The number of rotatable bonds is 10. The third kappa shape index (κ3) is 7.83. The molecule has 2 aromatic carbocycles. The second-order valence-electron chi connectivity index (χ2n) is 6.09. The molecule has 8 heteroatoms. The molecule has 0 saturated heterocycles. The van der Waals surface area contributed by atoms with Crippen molar-refractivity contribution < 1.29 is 23.9 Å². The maximum atomic E-state index is 12.1. The zero-order valence-electron chi connectivity index (χ0n) is 16.1. The predicted molar refractivity (Wildman–Crippen MR) is 109 cm³/mol. The van der Waals surface area contributed by atoms with Gasteiger partial charge in [0, 0.05) is 18.1 Å². The van der Waals surface area contributed by atoms with E-state index in [0.717, 1.165) is 5.56 Å². The number of ether oxygens (including phenoxy) is 2. The smallest absolute Gasteiger partial charge is 0.308 e. The number of esters is 1. The third-order valence-corrected chi connectivity index (χ3v) is 4.23. The summed E-state index contributed by atoms with van der Waals surface area (Å²) in [6.45, 7) is 0.154. The molecule has 29 heavy (non-hydrogen) atoms. The van der Waals surface area contributed by atoms with E-state index in [1.165, 1.54) is 7.11 Å². The van der Waals surface area contributed by atoms with Gasteiger partial charge in [-0.2, -0.15) is 0 Å². The van der Waals surface area contributed by atoms with Crippen LogP contribution in [0.1, 0.15) is 22.3 Å². The van der Waals surface area contributed by atoms with Crippen LogP contribution < -0.4 is 15.4 Å². The van der Waals surface area contributed by atoms with Crippen LogP contribution in [-0.2, 0) is 20.7 Å². The largest absolute Gasteiger partial charge is 0.496 e. The lowest BCUT2D eigenvalue weighted by molar-refractivity contribution is -0.148. The Morgan fingerprint density at radius 2 is 1.69 bits per heavy atom. The summed E-state index contributed by atoms with van der Waals surface area (Å²) >= 11 is 5.82. The van der Waals surface area contributed by atoms with Crippen molar-refractivity contribution in [1.29, 1.82) is 0 Å². The summed E-state index contributed by atoms with van der Waals surface area (Å²) in [6.07, 6.45) is 0.602. The van der Waals surface area contributed by atoms with Crippen molar-refractivity contribution in [3.63, 3.8) is 0 Å². The van der Waals surface area contributed by atoms with Gasteiger partial charge in [0.05, 0.1) is 19.1 Å². The van der Waals surface area contributed by atoms with Gasteiger partial charge in [-0.05, 0) is 36.2 Å². The fourth-order valence-corrected chi connectivity index (χ4v) is 2.60. The number of hydrogen-bond acceptors (Lipinski definition) is 5. The number of carbonyl (C=O) groups excluding carboxylic acids is 3. The van der Waals surface area contributed by atoms with Gasteiger partial charge in [-0.1, -0.05) is 35.9 Å². The quantitative estimate of drug-likeness (QED) is 0.578. The minimum Gasteiger partial charge on any atom is -0.496 e. The number of hydrogen-bond donors (Lipinski definition) is 2. The molecule has 0 aliphatic rings. The first-order valence-corrected chi connectivity index (χ1v) is 9.45. The second-order valence-corrected chi connectivity index (χ2v) is 6.53. The summed E-state index contributed by atoms with van der Waals surface area (Å²) in [5.41, 5.74) is 1.42. The van der Waals surface area contributed by atoms with Crippen molar-refractivity contribution in [2.75, 3.05) is 26.8 Å². The number of carbonyl (C=O) groups is 3. The summed E-state index contributed by atoms with van der Waals surface area (Å²) in [6, 6.07) is 14.1. The standard InChI is InChI=1S/C21H23ClN2O5/c1-28-18-5-3-2-4-17(18)21(27)24-13-11-20(26)29-14-19(25)23-12-10-15-6-8-16(22)9-7-15/h2-9H,10-14H2,1H3,(H,23,25)(H,24,27). The molecule has 154 valence electrons. The molecule has 0 radical (unpaired) electrons. The number of para-hydroxylation sites is 1. The molecular formula is C21H23ClN2O5. The molecule has 0 bridgehead atoms. The Labute approximate surface area is 174 Å². The van der Waals surface area contributed by atoms with Crippen LogP contribution in [0.25, 0.3) is 0 Å². The van der Waals surface area contributed by atoms with E-state index < -0.39 is 5.97 Å². The molecule has 2 amide bonds. The average Bonchev–Trinajstić information content (AvgIpc) is 2.73. The molecule has 0 unspecified atom stereocenters. The van der Waals surface area contributed by atoms with Crippen molar-refractivity contribution in [3.8, 4) is 5.75 Å². The summed E-state index contributed by atoms with van der Waals surface area (Å²) in [5.74, 6) is -0.860. The van der Waals surface area contributed by atoms with E-state index in [0.29, 0.717) is 29.3 Å². The molecule has 0 heterocycles. The average molecular weight is 419 g/mol. The van der Waals surface area contributed by atoms with Crippen molar-refractivity contribution in [2.24, 2.45) is 0 Å². The molecular weight excluding hydrogens is 396 g/mol. The molecule has 0 aromatic heterocycles. The number of methoxy groups -OCH3 is 1. The Kier molecular flexibility index (Phi) is 8.98. The number of amides is 2. The number of halogens is 1. The van der Waals surface area contributed by atoms with Gasteiger partial charge in [-0.3, -0.25) is 14.4 Å². The van der Waals surface area contributed by atoms with E-state index in [-0.39, 0.29) is 31.4 Å². The summed E-state index contributed by atoms with van der Waals surface area (Å²) < 4.78 is 10.0. The normalized spacial score (nSPS) is 10.1. The zero-order chi connectivity index (χ0) is 21.1. The molecule has 0 aliphatic heterocycles. The van der Waals surface area contributed by atoms with Gasteiger partial charge in [0.1, 0.15) is 5.75 Å². The zero-order valence-corrected chi connectivity index (χ0v) is 16.8. The first-order valence-electron chi connectivity index (χ1n) is 9.07. The number of benzene rings is 2. The summed E-state index contributed by atoms with van der Waals surface area (Å²) in [7, 11) is 1.48. The van der Waals surface area contributed by atoms with Crippen molar-refractivity contribution in [1.82, 2.24) is 10.6 Å². The van der Waals surface area contributed by atoms with Gasteiger partial charge in [-0.15, -0.1) is 0 Å². The fraction of sp³-hybridized carbons (Fsp3) is 0.286. The highest BCUT2D eigenvalue weighted by Crippen LogP contribution is 2.16. The Morgan fingerprint density at radius 3 is 2.41 bits per heavy atom. The molecule has 0 spiro atoms. The van der Waals surface area contributed by atoms with Crippen LogP contribution in [0.4, 0.5) is 0 Å². The first-order chi connectivity index (χ1) is 14.0. The molecule has 2 aromatic rings. The van der Waals surface area contributed by atoms with E-state index in [9.17, 15) is 14.4 Å². The van der Waals surface area contributed by atoms with E-state index in [4.69, 9.17) is 21.1 Å². The minimum atomic E-state index is -0.571. The van der Waals surface area contributed by atoms with Crippen LogP contribution in [0, 0.1) is 0 Å². The van der Waals surface area contributed by atoms with Gasteiger partial charge < -0.3 is 20.1 Å². The molecule has 0 aliphatic carbocycles. The van der Waals surface area contributed by atoms with Crippen LogP contribution in [0.3, 0.4) is 0 Å². The van der Waals surface area contributed by atoms with Crippen molar-refractivity contribution in [2.45, 2.75) is 12.8 Å². The summed E-state index contributed by atoms with van der Waals surface area (Å²) in [4.78, 5) is 35.6. The maximum absolute atomic E-state index is 12.1. The van der Waals surface area contributed by atoms with Crippen molar-refractivity contribution >= 4 is 29.4 Å². The number of nitrogens with one attached hydrogen (secondary N) is 2. The Balaban J connectivity index is 1.60. The molecule has 2 N–H and O–H groups in total. The minimum absolute atomic E-state index is 0.0427. The SMILES string of the molecule is COc1ccccc1C(=O)NCCC(=O)OCC(=O)NCCc1ccc(Cl)cc1. The molecule has 2 rings (SSSR count). The lowest BCUT2D eigenvalue weighted by atomic mass is 10.1. The van der Waals surface area contributed by atoms with Crippen LogP contribution in [0.2, 0.25) is 5.02 Å². The maximum Gasteiger partial charge on any atom is 0.308 e. The van der Waals surface area contributed by atoms with E-state index in [1.807, 2.05) is 12.1 Å². The molecule has 0 atom stereocenters. The van der Waals surface area contributed by atoms with Crippen molar-refractivity contribution in [3.05, 3.63) is 64.7 Å². The highest BCUT2D eigenvalue weighted by Gasteiger charge is 2.12. The van der Waals surface area contributed by atoms with Crippen LogP contribution in [0.5, 0.6) is 5.75 Å². The fourth-order valence-electron chi connectivity index (χ4n) is 2.47. The van der Waals surface area contributed by atoms with Crippen LogP contribution >= 0.6 is 11.6 Å². The van der Waals surface area contributed by atoms with Gasteiger partial charge in [0.15, 0.2) is 6.61 Å². The highest BCUT2D eigenvalue weighted by atomic mass is 35.5. The highest BCUT2D eigenvalue weighted by molar-refractivity contribution is 6.30.